The average Bonchev–Trinajstić information content (AvgIpc) is 1.67. The summed E-state index contributed by atoms with van der Waals surface area (Å²) in [7, 11) is 0. The van der Waals surface area contributed by atoms with Gasteiger partial charge in [0.1, 0.15) is 0 Å². The van der Waals surface area contributed by atoms with Crippen LogP contribution in [0.5, 0.6) is 0 Å². The SMILES string of the molecule is CC(C)(C)c1ccc(C(c2ccc(C(C)(C)C)cc2)c2ccc3c(c2)C2(C)CCCCC2(C)N3c2ccc3c(c2)N(c2ccc(C(C)(C)C)cc2-c2ccccc2)c2cc(C(C)(C)C)cc4c2B3c2cc3c(cc2N4c2ccc(C(C)(C)C)cc2-c2ccccc2)C(C)(C)CCC3(C)C)cc1. The molecule has 15 rings (SSSR count). The first-order chi connectivity index (χ1) is 47.5. The van der Waals surface area contributed by atoms with Crippen molar-refractivity contribution >= 4 is 68.6 Å². The lowest BCUT2D eigenvalue weighted by Crippen LogP contribution is -2.62. The fourth-order valence-electron chi connectivity index (χ4n) is 18.5. The van der Waals surface area contributed by atoms with Crippen LogP contribution in [0, 0.1) is 0 Å². The Bertz CT molecular complexity index is 4820. The fourth-order valence-corrected chi connectivity index (χ4v) is 18.5. The van der Waals surface area contributed by atoms with Gasteiger partial charge in [0.2, 0.25) is 0 Å². The van der Waals surface area contributed by atoms with E-state index in [1.165, 1.54) is 158 Å². The van der Waals surface area contributed by atoms with E-state index in [9.17, 15) is 0 Å². The molecule has 10 aromatic carbocycles. The molecule has 2 unspecified atom stereocenters. The Morgan fingerprint density at radius 2 is 0.752 bits per heavy atom. The molecule has 5 aliphatic rings. The third kappa shape index (κ3) is 11.4. The monoisotopic (exact) mass is 1330 g/mol. The molecule has 2 aliphatic carbocycles. The van der Waals surface area contributed by atoms with Crippen LogP contribution >= 0.6 is 0 Å². The molecule has 3 nitrogen and oxygen atoms in total. The van der Waals surface area contributed by atoms with Gasteiger partial charge < -0.3 is 14.7 Å². The van der Waals surface area contributed by atoms with Gasteiger partial charge in [0.25, 0.3) is 6.71 Å². The van der Waals surface area contributed by atoms with Gasteiger partial charge in [-0.1, -0.05) is 297 Å². The highest BCUT2D eigenvalue weighted by atomic mass is 15.3. The number of hydrogen-bond acceptors (Lipinski definition) is 3. The smallest absolute Gasteiger partial charge is 0.252 e. The second-order valence-corrected chi connectivity index (χ2v) is 38.0. The highest BCUT2D eigenvalue weighted by Crippen LogP contribution is 2.63. The summed E-state index contributed by atoms with van der Waals surface area (Å²) in [6.45, 7) is 50.6. The Morgan fingerprint density at radius 3 is 1.23 bits per heavy atom. The highest BCUT2D eigenvalue weighted by Gasteiger charge is 2.58. The summed E-state index contributed by atoms with van der Waals surface area (Å²) < 4.78 is 0. The van der Waals surface area contributed by atoms with Gasteiger partial charge >= 0.3 is 0 Å². The first kappa shape index (κ1) is 68.4. The predicted molar refractivity (Wildman–Crippen MR) is 437 cm³/mol. The van der Waals surface area contributed by atoms with Crippen molar-refractivity contribution in [1.82, 2.24) is 0 Å². The van der Waals surface area contributed by atoms with E-state index in [0.717, 1.165) is 25.7 Å². The number of hydrogen-bond donors (Lipinski definition) is 0. The van der Waals surface area contributed by atoms with Crippen LogP contribution in [0.25, 0.3) is 22.3 Å². The van der Waals surface area contributed by atoms with Crippen molar-refractivity contribution in [3.05, 3.63) is 267 Å². The second-order valence-electron chi connectivity index (χ2n) is 38.0. The Labute approximate surface area is 608 Å². The van der Waals surface area contributed by atoms with Crippen molar-refractivity contribution in [3.63, 3.8) is 0 Å². The Kier molecular flexibility index (Phi) is 16.0. The zero-order valence-electron chi connectivity index (χ0n) is 64.9. The van der Waals surface area contributed by atoms with Crippen molar-refractivity contribution < 1.29 is 0 Å². The van der Waals surface area contributed by atoms with Gasteiger partial charge in [0.05, 0.1) is 16.9 Å². The summed E-state index contributed by atoms with van der Waals surface area (Å²) in [5.74, 6) is 0.0592. The number of anilines is 8. The zero-order valence-corrected chi connectivity index (χ0v) is 64.9. The maximum Gasteiger partial charge on any atom is 0.252 e. The van der Waals surface area contributed by atoms with Crippen molar-refractivity contribution in [2.24, 2.45) is 0 Å². The Balaban J connectivity index is 1.02. The number of nitrogens with zero attached hydrogens (tertiary/aromatic N) is 3. The van der Waals surface area contributed by atoms with E-state index >= 15 is 0 Å². The molecule has 3 aliphatic heterocycles. The maximum absolute atomic E-state index is 2.85. The largest absolute Gasteiger partial charge is 0.334 e. The zero-order chi connectivity index (χ0) is 71.7. The van der Waals surface area contributed by atoms with Crippen LogP contribution in [0.4, 0.5) is 45.5 Å². The summed E-state index contributed by atoms with van der Waals surface area (Å²) >= 11 is 0. The van der Waals surface area contributed by atoms with E-state index in [1.54, 1.807) is 0 Å². The molecule has 0 amide bonds. The summed E-state index contributed by atoms with van der Waals surface area (Å²) in [6, 6.07) is 82.8. The highest BCUT2D eigenvalue weighted by molar-refractivity contribution is 7.00. The van der Waals surface area contributed by atoms with E-state index < -0.39 is 0 Å². The van der Waals surface area contributed by atoms with Crippen molar-refractivity contribution in [1.29, 1.82) is 0 Å². The van der Waals surface area contributed by atoms with Gasteiger partial charge in [-0.2, -0.15) is 0 Å². The van der Waals surface area contributed by atoms with Crippen LogP contribution in [-0.2, 0) is 43.3 Å². The van der Waals surface area contributed by atoms with E-state index in [0.29, 0.717) is 0 Å². The molecule has 101 heavy (non-hydrogen) atoms. The summed E-state index contributed by atoms with van der Waals surface area (Å²) in [4.78, 5) is 8.36. The minimum Gasteiger partial charge on any atom is -0.334 e. The maximum atomic E-state index is 2.85. The summed E-state index contributed by atoms with van der Waals surface area (Å²) in [6.07, 6.45) is 6.89. The molecule has 1 saturated carbocycles. The number of rotatable bonds is 8. The molecule has 0 N–H and O–H groups in total. The average molecular weight is 1330 g/mol. The van der Waals surface area contributed by atoms with E-state index in [1.807, 2.05) is 0 Å². The van der Waals surface area contributed by atoms with Gasteiger partial charge in [0.15, 0.2) is 0 Å². The number of benzene rings is 10. The van der Waals surface area contributed by atoms with Crippen LogP contribution in [0.1, 0.15) is 251 Å². The van der Waals surface area contributed by atoms with Crippen LogP contribution in [0.3, 0.4) is 0 Å². The molecule has 1 fully saturated rings. The molecule has 0 aromatic heterocycles. The topological polar surface area (TPSA) is 9.72 Å². The third-order valence-electron chi connectivity index (χ3n) is 25.2. The standard InChI is InChI=1S/C97H110BN3/c1-89(2,3)67-39-34-64(35-40-67)87(65-36-41-68(42-37-65)90(4,5)6)66-38-47-82-77(54-66)96(20)50-28-29-51-97(96,21)101(82)72-45-46-78-83(59-72)99(80-48-43-69(91(7,8)9)55-73(80)62-30-24-22-25-31-62)85-57-71(93(13,14)15)58-86-88(85)98(78)79-60-75-76(95(18,19)53-52-94(75,16)17)61-84(79)100(86)81-49-44-70(92(10,11)12)56-74(81)63-32-26-23-27-33-63/h22-27,30-49,54-61,87H,28-29,50-53H2,1-21H3. The quantitative estimate of drug-likeness (QED) is 0.111. The first-order valence-electron chi connectivity index (χ1n) is 38.1. The third-order valence-corrected chi connectivity index (χ3v) is 25.2. The predicted octanol–water partition coefficient (Wildman–Crippen LogP) is 24.9. The molecule has 10 aromatic rings. The molecule has 0 bridgehead atoms. The van der Waals surface area contributed by atoms with Gasteiger partial charge in [-0.05, 0) is 220 Å². The molecular formula is C97H110BN3. The van der Waals surface area contributed by atoms with E-state index in [-0.39, 0.29) is 61.5 Å². The van der Waals surface area contributed by atoms with Crippen LogP contribution < -0.4 is 31.1 Å². The van der Waals surface area contributed by atoms with Gasteiger partial charge in [-0.3, -0.25) is 0 Å². The first-order valence-corrected chi connectivity index (χ1v) is 38.1. The van der Waals surface area contributed by atoms with Gasteiger partial charge in [-0.25, -0.2) is 0 Å². The summed E-state index contributed by atoms with van der Waals surface area (Å²) in [5.41, 5.74) is 33.5. The lowest BCUT2D eigenvalue weighted by atomic mass is 9.33. The molecule has 0 radical (unpaired) electrons. The second kappa shape index (κ2) is 23.6. The normalized spacial score (nSPS) is 19.1. The van der Waals surface area contributed by atoms with Gasteiger partial charge in [-0.15, -0.1) is 0 Å². The fraction of sp³-hybridized carbons (Fsp3) is 0.381. The van der Waals surface area contributed by atoms with Crippen molar-refractivity contribution in [2.45, 2.75) is 239 Å². The molecule has 2 atom stereocenters. The lowest BCUT2D eigenvalue weighted by molar-refractivity contribution is 0.195. The van der Waals surface area contributed by atoms with Crippen LogP contribution in [-0.4, -0.2) is 12.3 Å². The minimum absolute atomic E-state index is 0.0286. The summed E-state index contributed by atoms with van der Waals surface area (Å²) in [5, 5.41) is 0. The lowest BCUT2D eigenvalue weighted by Gasteiger charge is -2.51. The molecule has 0 saturated heterocycles. The van der Waals surface area contributed by atoms with Crippen molar-refractivity contribution in [2.75, 3.05) is 14.7 Å². The molecule has 4 heteroatoms. The van der Waals surface area contributed by atoms with Crippen LogP contribution in [0.2, 0.25) is 0 Å². The minimum atomic E-state index is -0.222. The molecular weight excluding hydrogens is 1220 g/mol. The van der Waals surface area contributed by atoms with Gasteiger partial charge in [0, 0.05) is 56.6 Å². The molecule has 516 valence electrons. The molecule has 0 spiro atoms. The number of fused-ring (bicyclic) bond motifs is 8. The Morgan fingerprint density at radius 1 is 0.327 bits per heavy atom. The van der Waals surface area contributed by atoms with Crippen LogP contribution in [0.15, 0.2) is 206 Å². The van der Waals surface area contributed by atoms with E-state index in [2.05, 4.69) is 366 Å². The Hall–Kier alpha value is -8.34. The van der Waals surface area contributed by atoms with E-state index in [4.69, 9.17) is 0 Å². The molecule has 3 heterocycles. The van der Waals surface area contributed by atoms with Crippen molar-refractivity contribution in [3.8, 4) is 22.3 Å².